The van der Waals surface area contributed by atoms with Crippen molar-refractivity contribution in [2.24, 2.45) is 0 Å². The first kappa shape index (κ1) is 27.1. The minimum atomic E-state index is -0.0454. The van der Waals surface area contributed by atoms with Crippen molar-refractivity contribution in [2.75, 3.05) is 4.90 Å². The molecular weight excluding hydrogens is 621 g/mol. The first-order chi connectivity index (χ1) is 25.3. The van der Waals surface area contributed by atoms with Crippen LogP contribution in [0.1, 0.15) is 0 Å². The van der Waals surface area contributed by atoms with Gasteiger partial charge in [0.1, 0.15) is 17.1 Å². The molecule has 5 heteroatoms. The fourth-order valence-electron chi connectivity index (χ4n) is 9.16. The number of aromatic nitrogens is 2. The van der Waals surface area contributed by atoms with E-state index in [9.17, 15) is 0 Å². The van der Waals surface area contributed by atoms with Gasteiger partial charge in [0.15, 0.2) is 0 Å². The van der Waals surface area contributed by atoms with Crippen molar-refractivity contribution in [1.82, 2.24) is 8.97 Å². The molecular formula is C46H28BN3O. The molecule has 0 amide bonds. The van der Waals surface area contributed by atoms with Gasteiger partial charge in [-0.05, 0) is 86.5 Å². The Labute approximate surface area is 294 Å². The second kappa shape index (κ2) is 9.93. The number of nitrogens with zero attached hydrogens (tertiary/aromatic N) is 3. The summed E-state index contributed by atoms with van der Waals surface area (Å²) in [5, 5.41) is 6.11. The lowest BCUT2D eigenvalue weighted by molar-refractivity contribution is 0.493. The van der Waals surface area contributed by atoms with Crippen molar-refractivity contribution in [3.8, 4) is 17.2 Å². The molecule has 0 bridgehead atoms. The first-order valence-electron chi connectivity index (χ1n) is 17.6. The van der Waals surface area contributed by atoms with Crippen LogP contribution in [0, 0.1) is 0 Å². The molecule has 0 spiro atoms. The maximum atomic E-state index is 7.35. The number of ether oxygens (including phenoxy) is 1. The van der Waals surface area contributed by atoms with Crippen LogP contribution >= 0.6 is 0 Å². The zero-order valence-corrected chi connectivity index (χ0v) is 27.5. The van der Waals surface area contributed by atoms with Crippen LogP contribution in [0.15, 0.2) is 170 Å². The van der Waals surface area contributed by atoms with Gasteiger partial charge in [-0.3, -0.25) is 8.97 Å². The third kappa shape index (κ3) is 3.50. The summed E-state index contributed by atoms with van der Waals surface area (Å²) in [6.07, 6.45) is 0. The number of hydrogen-bond acceptors (Lipinski definition) is 2. The van der Waals surface area contributed by atoms with E-state index in [1.54, 1.807) is 0 Å². The van der Waals surface area contributed by atoms with Crippen LogP contribution < -0.4 is 26.0 Å². The van der Waals surface area contributed by atoms with Gasteiger partial charge in [-0.25, -0.2) is 0 Å². The van der Waals surface area contributed by atoms with Crippen LogP contribution in [0.5, 0.6) is 11.5 Å². The monoisotopic (exact) mass is 649 g/mol. The fraction of sp³-hybridized carbons (Fsp3) is 0. The van der Waals surface area contributed by atoms with Crippen molar-refractivity contribution in [3.63, 3.8) is 0 Å². The van der Waals surface area contributed by atoms with Crippen LogP contribution in [0.4, 0.5) is 17.1 Å². The largest absolute Gasteiger partial charge is 0.458 e. The van der Waals surface area contributed by atoms with Crippen LogP contribution in [0.2, 0.25) is 0 Å². The van der Waals surface area contributed by atoms with E-state index in [0.717, 1.165) is 39.6 Å². The molecule has 0 atom stereocenters. The second-order valence-corrected chi connectivity index (χ2v) is 13.7. The van der Waals surface area contributed by atoms with Crippen molar-refractivity contribution in [2.45, 2.75) is 0 Å². The number of rotatable bonds is 3. The molecule has 2 aliphatic rings. The summed E-state index contributed by atoms with van der Waals surface area (Å²) in [4.78, 5) is 2.34. The molecule has 2 aromatic heterocycles. The van der Waals surface area contributed by atoms with E-state index in [0.29, 0.717) is 0 Å². The van der Waals surface area contributed by atoms with Gasteiger partial charge in [0.05, 0.1) is 22.2 Å². The molecule has 0 saturated heterocycles. The highest BCUT2D eigenvalue weighted by molar-refractivity contribution is 7.02. The minimum absolute atomic E-state index is 0.0454. The Hall–Kier alpha value is -6.72. The molecule has 12 rings (SSSR count). The Morgan fingerprint density at radius 3 is 1.69 bits per heavy atom. The zero-order chi connectivity index (χ0) is 33.2. The average Bonchev–Trinajstić information content (AvgIpc) is 3.72. The lowest BCUT2D eigenvalue weighted by Crippen LogP contribution is -2.58. The van der Waals surface area contributed by atoms with E-state index in [2.05, 4.69) is 184 Å². The predicted molar refractivity (Wildman–Crippen MR) is 213 cm³/mol. The van der Waals surface area contributed by atoms with Gasteiger partial charge in [-0.1, -0.05) is 115 Å². The Balaban J connectivity index is 1.29. The van der Waals surface area contributed by atoms with Crippen molar-refractivity contribution in [1.29, 1.82) is 0 Å². The molecule has 0 N–H and O–H groups in total. The molecule has 0 saturated carbocycles. The highest BCUT2D eigenvalue weighted by Gasteiger charge is 2.44. The third-order valence-corrected chi connectivity index (χ3v) is 11.1. The molecule has 0 radical (unpaired) electrons. The SMILES string of the molecule is c1ccc(N(c2ccccc2)c2cc3c4c(c2)-n2c5ccccc5n5c6ccccc6c(c25)B4c2c(c4ccccc4c4ccccc24)O3)cc1. The Kier molecular flexibility index (Phi) is 5.29. The number of anilines is 3. The minimum Gasteiger partial charge on any atom is -0.458 e. The summed E-state index contributed by atoms with van der Waals surface area (Å²) in [5.74, 6) is 1.84. The van der Waals surface area contributed by atoms with Crippen molar-refractivity contribution >= 4 is 89.3 Å². The lowest BCUT2D eigenvalue weighted by atomic mass is 9.34. The first-order valence-corrected chi connectivity index (χ1v) is 17.6. The molecule has 8 aromatic carbocycles. The highest BCUT2D eigenvalue weighted by Crippen LogP contribution is 2.45. The summed E-state index contributed by atoms with van der Waals surface area (Å²) in [6.45, 7) is -0.0454. The normalized spacial score (nSPS) is 12.8. The number of hydrogen-bond donors (Lipinski definition) is 0. The number of fused-ring (bicyclic) bond motifs is 15. The standard InChI is InChI=1S/C46H28BN3O/c1-3-15-29(16-4-1)48(30-17-5-2-6-18-30)31-27-40-44-41(28-31)51-45-35-22-10-8-20-33(35)32-19-7-9-21-34(32)42(45)47(44)43-36-23-11-12-24-37(36)49-38-25-13-14-26-39(38)50(40)46(43)49/h1-28H. The number of benzene rings is 8. The van der Waals surface area contributed by atoms with Gasteiger partial charge in [0, 0.05) is 28.5 Å². The Morgan fingerprint density at radius 2 is 0.980 bits per heavy atom. The van der Waals surface area contributed by atoms with Crippen molar-refractivity contribution < 1.29 is 4.74 Å². The van der Waals surface area contributed by atoms with E-state index in [1.165, 1.54) is 60.1 Å². The summed E-state index contributed by atoms with van der Waals surface area (Å²) in [6, 6.07) is 61.3. The fourth-order valence-corrected chi connectivity index (χ4v) is 9.16. The molecule has 4 heterocycles. The summed E-state index contributed by atoms with van der Waals surface area (Å²) >= 11 is 0. The second-order valence-electron chi connectivity index (χ2n) is 13.7. The van der Waals surface area contributed by atoms with Gasteiger partial charge in [0.25, 0.3) is 6.71 Å². The smallest absolute Gasteiger partial charge is 0.260 e. The van der Waals surface area contributed by atoms with Crippen LogP contribution in [-0.4, -0.2) is 15.7 Å². The summed E-state index contributed by atoms with van der Waals surface area (Å²) in [7, 11) is 0. The quantitative estimate of drug-likeness (QED) is 0.140. The molecule has 2 aliphatic heterocycles. The van der Waals surface area contributed by atoms with Gasteiger partial charge in [-0.2, -0.15) is 0 Å². The highest BCUT2D eigenvalue weighted by atomic mass is 16.5. The third-order valence-electron chi connectivity index (χ3n) is 11.1. The van der Waals surface area contributed by atoms with Gasteiger partial charge >= 0.3 is 0 Å². The van der Waals surface area contributed by atoms with Gasteiger partial charge in [0.2, 0.25) is 0 Å². The van der Waals surface area contributed by atoms with Crippen molar-refractivity contribution in [3.05, 3.63) is 170 Å². The lowest BCUT2D eigenvalue weighted by Gasteiger charge is -2.35. The van der Waals surface area contributed by atoms with E-state index in [4.69, 9.17) is 4.74 Å². The van der Waals surface area contributed by atoms with E-state index in [1.807, 2.05) is 0 Å². The Morgan fingerprint density at radius 1 is 0.431 bits per heavy atom. The molecule has 0 aliphatic carbocycles. The van der Waals surface area contributed by atoms with E-state index in [-0.39, 0.29) is 6.71 Å². The average molecular weight is 650 g/mol. The van der Waals surface area contributed by atoms with Crippen LogP contribution in [0.25, 0.3) is 54.8 Å². The summed E-state index contributed by atoms with van der Waals surface area (Å²) < 4.78 is 12.3. The zero-order valence-electron chi connectivity index (χ0n) is 27.5. The number of para-hydroxylation sites is 5. The molecule has 236 valence electrons. The number of imidazole rings is 1. The van der Waals surface area contributed by atoms with E-state index >= 15 is 0 Å². The molecule has 51 heavy (non-hydrogen) atoms. The van der Waals surface area contributed by atoms with Gasteiger partial charge in [-0.15, -0.1) is 0 Å². The maximum absolute atomic E-state index is 7.35. The topological polar surface area (TPSA) is 21.8 Å². The molecule has 0 unspecified atom stereocenters. The van der Waals surface area contributed by atoms with Crippen LogP contribution in [-0.2, 0) is 0 Å². The maximum Gasteiger partial charge on any atom is 0.260 e. The predicted octanol–water partition coefficient (Wildman–Crippen LogP) is 9.75. The molecule has 0 fully saturated rings. The van der Waals surface area contributed by atoms with Gasteiger partial charge < -0.3 is 9.64 Å². The summed E-state index contributed by atoms with van der Waals surface area (Å²) in [5.41, 5.74) is 13.0. The molecule has 4 nitrogen and oxygen atoms in total. The Bertz CT molecular complexity index is 3030. The van der Waals surface area contributed by atoms with Crippen LogP contribution in [0.3, 0.4) is 0 Å². The molecule has 10 aromatic rings. The van der Waals surface area contributed by atoms with E-state index < -0.39 is 0 Å².